The fourth-order valence-electron chi connectivity index (χ4n) is 1.13. The van der Waals surface area contributed by atoms with Gasteiger partial charge in [0.05, 0.1) is 0 Å². The van der Waals surface area contributed by atoms with Gasteiger partial charge in [0.25, 0.3) is 0 Å². The fraction of sp³-hybridized carbons (Fsp3) is 1.00. The van der Waals surface area contributed by atoms with E-state index in [1.807, 2.05) is 0 Å². The summed E-state index contributed by atoms with van der Waals surface area (Å²) in [6, 6.07) is 0. The zero-order valence-corrected chi connectivity index (χ0v) is 6.37. The minimum atomic E-state index is -1.49. The van der Waals surface area contributed by atoms with Crippen LogP contribution in [-0.4, -0.2) is 57.7 Å². The summed E-state index contributed by atoms with van der Waals surface area (Å²) in [7, 11) is 0. The summed E-state index contributed by atoms with van der Waals surface area (Å²) in [6.07, 6.45) is -6.48. The number of aliphatic hydroxyl groups is 4. The number of rotatable bonds is 1. The Morgan fingerprint density at radius 1 is 1.00 bits per heavy atom. The van der Waals surface area contributed by atoms with Gasteiger partial charge in [0.2, 0.25) is 0 Å². The van der Waals surface area contributed by atoms with Crippen LogP contribution in [0.4, 0.5) is 0 Å². The molecule has 5 atom stereocenters. The molecule has 0 aromatic heterocycles. The van der Waals surface area contributed by atoms with Crippen LogP contribution in [0.15, 0.2) is 0 Å². The Hall–Kier alpha value is -0.240. The zero-order valence-electron chi connectivity index (χ0n) is 6.37. The molecule has 1 heterocycles. The molecule has 72 valence electrons. The molecule has 6 heteroatoms. The van der Waals surface area contributed by atoms with E-state index in [1.54, 1.807) is 0 Å². The van der Waals surface area contributed by atoms with Gasteiger partial charge >= 0.3 is 0 Å². The standard InChI is InChI=1S/C6H13NO5/c7-1-2-3(8)4(9)5(10)6(11)12-2/h2-6,8-11H,1,7H2/t2?,3-,4?,5-,6-/m1/s1. The number of hydrogen-bond acceptors (Lipinski definition) is 6. The highest BCUT2D eigenvalue weighted by molar-refractivity contribution is 4.88. The molecule has 6 N–H and O–H groups in total. The minimum Gasteiger partial charge on any atom is -0.388 e. The first-order valence-electron chi connectivity index (χ1n) is 3.65. The Morgan fingerprint density at radius 2 is 1.58 bits per heavy atom. The summed E-state index contributed by atoms with van der Waals surface area (Å²) in [5.74, 6) is 0. The molecule has 1 fully saturated rings. The number of aliphatic hydroxyl groups excluding tert-OH is 4. The molecule has 0 aromatic carbocycles. The summed E-state index contributed by atoms with van der Waals surface area (Å²) in [4.78, 5) is 0. The monoisotopic (exact) mass is 179 g/mol. The third-order valence-corrected chi connectivity index (χ3v) is 1.92. The maximum atomic E-state index is 9.20. The molecule has 6 nitrogen and oxygen atoms in total. The predicted molar refractivity (Wildman–Crippen MR) is 38.0 cm³/mol. The normalized spacial score (nSPS) is 49.2. The van der Waals surface area contributed by atoms with Gasteiger partial charge in [0, 0.05) is 6.54 Å². The molecule has 0 radical (unpaired) electrons. The Morgan fingerprint density at radius 3 is 2.08 bits per heavy atom. The van der Waals surface area contributed by atoms with Crippen LogP contribution in [0, 0.1) is 0 Å². The highest BCUT2D eigenvalue weighted by Crippen LogP contribution is 2.18. The molecule has 0 bridgehead atoms. The Bertz CT molecular complexity index is 150. The first-order valence-corrected chi connectivity index (χ1v) is 3.65. The third-order valence-electron chi connectivity index (χ3n) is 1.92. The second kappa shape index (κ2) is 3.65. The predicted octanol–water partition coefficient (Wildman–Crippen LogP) is -3.25. The lowest BCUT2D eigenvalue weighted by molar-refractivity contribution is -0.279. The lowest BCUT2D eigenvalue weighted by atomic mass is 9.99. The molecule has 0 amide bonds. The molecular weight excluding hydrogens is 166 g/mol. The molecule has 1 aliphatic rings. The smallest absolute Gasteiger partial charge is 0.184 e. The zero-order chi connectivity index (χ0) is 9.30. The van der Waals surface area contributed by atoms with E-state index < -0.39 is 30.7 Å². The Kier molecular flexibility index (Phi) is 2.99. The minimum absolute atomic E-state index is 0.0258. The summed E-state index contributed by atoms with van der Waals surface area (Å²) >= 11 is 0. The first kappa shape index (κ1) is 9.85. The van der Waals surface area contributed by atoms with Gasteiger partial charge in [-0.25, -0.2) is 0 Å². The Balaban J connectivity index is 2.63. The van der Waals surface area contributed by atoms with Gasteiger partial charge < -0.3 is 30.9 Å². The van der Waals surface area contributed by atoms with E-state index in [4.69, 9.17) is 25.8 Å². The molecule has 1 saturated heterocycles. The maximum absolute atomic E-state index is 9.20. The van der Waals surface area contributed by atoms with Crippen LogP contribution in [-0.2, 0) is 4.74 Å². The van der Waals surface area contributed by atoms with Crippen LogP contribution in [0.2, 0.25) is 0 Å². The number of nitrogens with two attached hydrogens (primary N) is 1. The van der Waals surface area contributed by atoms with E-state index in [0.717, 1.165) is 0 Å². The molecular formula is C6H13NO5. The van der Waals surface area contributed by atoms with Crippen molar-refractivity contribution in [3.05, 3.63) is 0 Å². The van der Waals surface area contributed by atoms with E-state index in [9.17, 15) is 5.11 Å². The number of hydrogen-bond donors (Lipinski definition) is 5. The molecule has 0 aliphatic carbocycles. The summed E-state index contributed by atoms with van der Waals surface area (Å²) in [5, 5.41) is 36.3. The summed E-state index contributed by atoms with van der Waals surface area (Å²) in [6.45, 7) is -0.0258. The topological polar surface area (TPSA) is 116 Å². The maximum Gasteiger partial charge on any atom is 0.184 e. The van der Waals surface area contributed by atoms with Crippen molar-refractivity contribution >= 4 is 0 Å². The largest absolute Gasteiger partial charge is 0.388 e. The molecule has 0 aromatic rings. The van der Waals surface area contributed by atoms with Crippen molar-refractivity contribution < 1.29 is 25.2 Å². The molecule has 2 unspecified atom stereocenters. The van der Waals surface area contributed by atoms with E-state index in [0.29, 0.717) is 0 Å². The van der Waals surface area contributed by atoms with Crippen molar-refractivity contribution in [1.82, 2.24) is 0 Å². The van der Waals surface area contributed by atoms with Gasteiger partial charge in [0.15, 0.2) is 6.29 Å². The lowest BCUT2D eigenvalue weighted by Gasteiger charge is -2.37. The van der Waals surface area contributed by atoms with E-state index in [2.05, 4.69) is 0 Å². The van der Waals surface area contributed by atoms with Crippen LogP contribution in [0.25, 0.3) is 0 Å². The van der Waals surface area contributed by atoms with Gasteiger partial charge in [-0.2, -0.15) is 0 Å². The van der Waals surface area contributed by atoms with Gasteiger partial charge in [-0.1, -0.05) is 0 Å². The van der Waals surface area contributed by atoms with Crippen molar-refractivity contribution in [3.63, 3.8) is 0 Å². The van der Waals surface area contributed by atoms with Crippen LogP contribution in [0.3, 0.4) is 0 Å². The second-order valence-electron chi connectivity index (χ2n) is 2.77. The van der Waals surface area contributed by atoms with E-state index in [-0.39, 0.29) is 6.54 Å². The van der Waals surface area contributed by atoms with Crippen LogP contribution < -0.4 is 5.73 Å². The Labute approximate surface area is 69.2 Å². The first-order chi connectivity index (χ1) is 5.57. The molecule has 12 heavy (non-hydrogen) atoms. The lowest BCUT2D eigenvalue weighted by Crippen LogP contribution is -2.59. The van der Waals surface area contributed by atoms with Crippen molar-refractivity contribution in [1.29, 1.82) is 0 Å². The van der Waals surface area contributed by atoms with Gasteiger partial charge in [-0.3, -0.25) is 0 Å². The summed E-state index contributed by atoms with van der Waals surface area (Å²) < 4.78 is 4.70. The van der Waals surface area contributed by atoms with Gasteiger partial charge in [0.1, 0.15) is 24.4 Å². The van der Waals surface area contributed by atoms with Gasteiger partial charge in [-0.05, 0) is 0 Å². The summed E-state index contributed by atoms with van der Waals surface area (Å²) in [5.41, 5.74) is 5.17. The van der Waals surface area contributed by atoms with Crippen molar-refractivity contribution in [2.24, 2.45) is 5.73 Å². The van der Waals surface area contributed by atoms with Crippen LogP contribution in [0.1, 0.15) is 0 Å². The second-order valence-corrected chi connectivity index (χ2v) is 2.77. The number of ether oxygens (including phenoxy) is 1. The van der Waals surface area contributed by atoms with Crippen molar-refractivity contribution in [2.75, 3.05) is 6.54 Å². The van der Waals surface area contributed by atoms with E-state index in [1.165, 1.54) is 0 Å². The third kappa shape index (κ3) is 1.58. The van der Waals surface area contributed by atoms with E-state index >= 15 is 0 Å². The van der Waals surface area contributed by atoms with Crippen LogP contribution >= 0.6 is 0 Å². The fourth-order valence-corrected chi connectivity index (χ4v) is 1.13. The van der Waals surface area contributed by atoms with Gasteiger partial charge in [-0.15, -0.1) is 0 Å². The SMILES string of the molecule is NCC1O[C@@H](O)[C@H](O)C(O)[C@@H]1O. The molecule has 1 rings (SSSR count). The highest BCUT2D eigenvalue weighted by Gasteiger charge is 2.42. The molecule has 0 saturated carbocycles. The van der Waals surface area contributed by atoms with Crippen molar-refractivity contribution in [3.8, 4) is 0 Å². The highest BCUT2D eigenvalue weighted by atomic mass is 16.6. The quantitative estimate of drug-likeness (QED) is 0.288. The molecule has 0 spiro atoms. The molecule has 1 aliphatic heterocycles. The average Bonchev–Trinajstić information content (AvgIpc) is 2.08. The average molecular weight is 179 g/mol. The van der Waals surface area contributed by atoms with Crippen LogP contribution in [0.5, 0.6) is 0 Å². The van der Waals surface area contributed by atoms with Crippen molar-refractivity contribution in [2.45, 2.75) is 30.7 Å².